The maximum Gasteiger partial charge on any atom is 0.335 e. The van der Waals surface area contributed by atoms with E-state index in [9.17, 15) is 9.59 Å². The summed E-state index contributed by atoms with van der Waals surface area (Å²) in [6.45, 7) is 3.45. The van der Waals surface area contributed by atoms with E-state index in [1.165, 1.54) is 24.3 Å². The fraction of sp³-hybridized carbons (Fsp3) is 0.0714. The van der Waals surface area contributed by atoms with Crippen LogP contribution in [0, 0.1) is 0 Å². The monoisotopic (exact) mass is 256 g/mol. The van der Waals surface area contributed by atoms with Gasteiger partial charge in [-0.05, 0) is 29.8 Å². The molecule has 2 aromatic rings. The summed E-state index contributed by atoms with van der Waals surface area (Å²) in [6, 6.07) is 4.37. The van der Waals surface area contributed by atoms with Crippen LogP contribution in [0.1, 0.15) is 20.7 Å². The quantitative estimate of drug-likeness (QED) is 0.672. The molecule has 1 aromatic carbocycles. The number of carbonyl (C=O) groups excluding carboxylic acids is 1. The zero-order valence-corrected chi connectivity index (χ0v) is 10.3. The van der Waals surface area contributed by atoms with Gasteiger partial charge in [-0.15, -0.1) is 0 Å². The van der Waals surface area contributed by atoms with Crippen molar-refractivity contribution < 1.29 is 14.7 Å². The molecule has 1 aromatic heterocycles. The molecule has 0 radical (unpaired) electrons. The largest absolute Gasteiger partial charge is 0.478 e. The van der Waals surface area contributed by atoms with Crippen molar-refractivity contribution >= 4 is 11.8 Å². The van der Waals surface area contributed by atoms with E-state index in [0.29, 0.717) is 16.7 Å². The first-order valence-electron chi connectivity index (χ1n) is 5.56. The van der Waals surface area contributed by atoms with E-state index in [1.807, 2.05) is 0 Å². The predicted octanol–water partition coefficient (Wildman–Crippen LogP) is 2.15. The summed E-state index contributed by atoms with van der Waals surface area (Å²) >= 11 is 0. The van der Waals surface area contributed by atoms with Gasteiger partial charge in [-0.1, -0.05) is 6.58 Å². The van der Waals surface area contributed by atoms with Gasteiger partial charge in [0.2, 0.25) is 0 Å². The molecule has 0 atom stereocenters. The Hall–Kier alpha value is -2.69. The molecule has 96 valence electrons. The lowest BCUT2D eigenvalue weighted by Crippen LogP contribution is -2.02. The Labute approximate surface area is 109 Å². The van der Waals surface area contributed by atoms with E-state index in [0.717, 1.165) is 0 Å². The average molecular weight is 256 g/mol. The molecular weight excluding hydrogens is 244 g/mol. The van der Waals surface area contributed by atoms with Gasteiger partial charge in [-0.25, -0.2) is 4.79 Å². The van der Waals surface area contributed by atoms with Crippen LogP contribution in [0.3, 0.4) is 0 Å². The molecule has 0 aliphatic carbocycles. The van der Waals surface area contributed by atoms with Crippen molar-refractivity contribution in [2.45, 2.75) is 0 Å². The van der Waals surface area contributed by atoms with Gasteiger partial charge in [-0.2, -0.15) is 5.10 Å². The summed E-state index contributed by atoms with van der Waals surface area (Å²) in [5, 5.41) is 13.0. The van der Waals surface area contributed by atoms with Gasteiger partial charge in [0.15, 0.2) is 5.78 Å². The Bertz CT molecular complexity index is 671. The molecule has 0 saturated carbocycles. The highest BCUT2D eigenvalue weighted by Gasteiger charge is 2.14. The van der Waals surface area contributed by atoms with Gasteiger partial charge in [0.05, 0.1) is 11.8 Å². The second-order valence-electron chi connectivity index (χ2n) is 4.04. The van der Waals surface area contributed by atoms with Crippen molar-refractivity contribution in [2.24, 2.45) is 7.05 Å². The van der Waals surface area contributed by atoms with Crippen LogP contribution in [0.2, 0.25) is 0 Å². The Morgan fingerprint density at radius 2 is 2.16 bits per heavy atom. The lowest BCUT2D eigenvalue weighted by atomic mass is 9.96. The Balaban J connectivity index is 2.65. The van der Waals surface area contributed by atoms with Gasteiger partial charge in [0, 0.05) is 24.4 Å². The van der Waals surface area contributed by atoms with Crippen LogP contribution < -0.4 is 0 Å². The van der Waals surface area contributed by atoms with Gasteiger partial charge < -0.3 is 5.11 Å². The number of nitrogens with zero attached hydrogens (tertiary/aromatic N) is 2. The van der Waals surface area contributed by atoms with E-state index in [1.54, 1.807) is 24.1 Å². The number of aryl methyl sites for hydroxylation is 1. The number of carboxylic acid groups (broad SMARTS) is 1. The van der Waals surface area contributed by atoms with Crippen molar-refractivity contribution in [3.8, 4) is 11.1 Å². The van der Waals surface area contributed by atoms with Gasteiger partial charge in [-0.3, -0.25) is 9.48 Å². The molecule has 5 nitrogen and oxygen atoms in total. The van der Waals surface area contributed by atoms with Gasteiger partial charge >= 0.3 is 5.97 Å². The van der Waals surface area contributed by atoms with Crippen molar-refractivity contribution in [1.29, 1.82) is 0 Å². The Kier molecular flexibility index (Phi) is 3.29. The number of hydrogen-bond acceptors (Lipinski definition) is 3. The zero-order chi connectivity index (χ0) is 14.0. The lowest BCUT2D eigenvalue weighted by Gasteiger charge is -2.06. The van der Waals surface area contributed by atoms with Crippen LogP contribution in [-0.4, -0.2) is 26.6 Å². The molecule has 0 aliphatic rings. The Morgan fingerprint density at radius 3 is 2.68 bits per heavy atom. The number of allylic oxidation sites excluding steroid dienone is 1. The fourth-order valence-electron chi connectivity index (χ4n) is 1.80. The molecule has 19 heavy (non-hydrogen) atoms. The smallest absolute Gasteiger partial charge is 0.335 e. The number of rotatable bonds is 4. The third-order valence-corrected chi connectivity index (χ3v) is 2.73. The SMILES string of the molecule is C=CC(=O)c1ccc(C(=O)O)cc1-c1cnn(C)c1. The van der Waals surface area contributed by atoms with Crippen molar-refractivity contribution in [3.05, 3.63) is 54.4 Å². The van der Waals surface area contributed by atoms with Crippen LogP contribution in [0.25, 0.3) is 11.1 Å². The number of carbonyl (C=O) groups is 2. The molecule has 0 bridgehead atoms. The lowest BCUT2D eigenvalue weighted by molar-refractivity contribution is 0.0696. The number of carboxylic acids is 1. The van der Waals surface area contributed by atoms with Gasteiger partial charge in [0.25, 0.3) is 0 Å². The Morgan fingerprint density at radius 1 is 1.42 bits per heavy atom. The number of aromatic carboxylic acids is 1. The van der Waals surface area contributed by atoms with E-state index in [4.69, 9.17) is 5.11 Å². The summed E-state index contributed by atoms with van der Waals surface area (Å²) < 4.78 is 1.59. The van der Waals surface area contributed by atoms with Crippen molar-refractivity contribution in [1.82, 2.24) is 9.78 Å². The number of benzene rings is 1. The summed E-state index contributed by atoms with van der Waals surface area (Å²) in [7, 11) is 1.75. The van der Waals surface area contributed by atoms with Gasteiger partial charge in [0.1, 0.15) is 0 Å². The second-order valence-corrected chi connectivity index (χ2v) is 4.04. The minimum Gasteiger partial charge on any atom is -0.478 e. The molecule has 0 amide bonds. The normalized spacial score (nSPS) is 10.2. The first kappa shape index (κ1) is 12.8. The third-order valence-electron chi connectivity index (χ3n) is 2.73. The maximum atomic E-state index is 11.8. The number of hydrogen-bond donors (Lipinski definition) is 1. The van der Waals surface area contributed by atoms with E-state index < -0.39 is 5.97 Å². The predicted molar refractivity (Wildman–Crippen MR) is 70.1 cm³/mol. The first-order chi connectivity index (χ1) is 9.02. The molecule has 2 rings (SSSR count). The standard InChI is InChI=1S/C14H12N2O3/c1-3-13(17)11-5-4-9(14(18)19)6-12(11)10-7-15-16(2)8-10/h3-8H,1H2,2H3,(H,18,19). The summed E-state index contributed by atoms with van der Waals surface area (Å²) in [5.74, 6) is -1.29. The molecule has 0 unspecified atom stereocenters. The second kappa shape index (κ2) is 4.89. The number of aromatic nitrogens is 2. The van der Waals surface area contributed by atoms with Crippen LogP contribution in [0.4, 0.5) is 0 Å². The molecular formula is C14H12N2O3. The van der Waals surface area contributed by atoms with Crippen LogP contribution in [0.15, 0.2) is 43.2 Å². The highest BCUT2D eigenvalue weighted by Crippen LogP contribution is 2.25. The van der Waals surface area contributed by atoms with E-state index in [-0.39, 0.29) is 11.3 Å². The van der Waals surface area contributed by atoms with E-state index in [2.05, 4.69) is 11.7 Å². The number of ketones is 1. The summed E-state index contributed by atoms with van der Waals surface area (Å²) in [6.07, 6.45) is 4.51. The molecule has 1 N–H and O–H groups in total. The topological polar surface area (TPSA) is 72.2 Å². The highest BCUT2D eigenvalue weighted by molar-refractivity contribution is 6.09. The molecule has 0 aliphatic heterocycles. The van der Waals surface area contributed by atoms with Crippen LogP contribution in [0.5, 0.6) is 0 Å². The maximum absolute atomic E-state index is 11.8. The molecule has 0 saturated heterocycles. The molecule has 5 heteroatoms. The van der Waals surface area contributed by atoms with Crippen LogP contribution in [-0.2, 0) is 7.05 Å². The average Bonchev–Trinajstić information content (AvgIpc) is 2.83. The molecule has 0 spiro atoms. The van der Waals surface area contributed by atoms with Crippen molar-refractivity contribution in [3.63, 3.8) is 0 Å². The third kappa shape index (κ3) is 2.44. The minimum atomic E-state index is -1.04. The highest BCUT2D eigenvalue weighted by atomic mass is 16.4. The van der Waals surface area contributed by atoms with E-state index >= 15 is 0 Å². The molecule has 1 heterocycles. The molecule has 0 fully saturated rings. The summed E-state index contributed by atoms with van der Waals surface area (Å²) in [4.78, 5) is 22.8. The minimum absolute atomic E-state index is 0.125. The fourth-order valence-corrected chi connectivity index (χ4v) is 1.80. The summed E-state index contributed by atoms with van der Waals surface area (Å²) in [5.41, 5.74) is 1.76. The van der Waals surface area contributed by atoms with Crippen LogP contribution >= 0.6 is 0 Å². The van der Waals surface area contributed by atoms with Crippen molar-refractivity contribution in [2.75, 3.05) is 0 Å². The first-order valence-corrected chi connectivity index (χ1v) is 5.56. The zero-order valence-electron chi connectivity index (χ0n) is 10.3.